The summed E-state index contributed by atoms with van der Waals surface area (Å²) in [5.74, 6) is -0.205. The summed E-state index contributed by atoms with van der Waals surface area (Å²) < 4.78 is 23.7. The number of hydrogen-bond donors (Lipinski definition) is 3. The van der Waals surface area contributed by atoms with Gasteiger partial charge < -0.3 is 19.8 Å². The minimum Gasteiger partial charge on any atom is -0.387 e. The number of phosphoric acid groups is 1. The molecule has 0 aromatic heterocycles. The fraction of sp³-hybridized carbons (Fsp3) is 0.683. The van der Waals surface area contributed by atoms with Gasteiger partial charge in [0.1, 0.15) is 13.2 Å². The number of nitrogens with one attached hydrogen (secondary N) is 1. The first-order chi connectivity index (χ1) is 33.5. The third kappa shape index (κ3) is 52.8. The molecule has 0 aromatic carbocycles. The second kappa shape index (κ2) is 50.1. The molecule has 0 radical (unpaired) electrons. The van der Waals surface area contributed by atoms with Crippen molar-refractivity contribution in [3.05, 3.63) is 109 Å². The van der Waals surface area contributed by atoms with Crippen LogP contribution in [0.3, 0.4) is 0 Å². The number of phosphoric ester groups is 1. The van der Waals surface area contributed by atoms with Crippen LogP contribution in [0.25, 0.3) is 0 Å². The second-order valence-corrected chi connectivity index (χ2v) is 21.0. The number of aliphatic hydroxyl groups is 1. The van der Waals surface area contributed by atoms with Crippen molar-refractivity contribution in [3.63, 3.8) is 0 Å². The molecular formula is C60H106N2O6P+. The van der Waals surface area contributed by atoms with Gasteiger partial charge >= 0.3 is 7.82 Å². The molecule has 0 fully saturated rings. The molecule has 0 aliphatic carbocycles. The number of rotatable bonds is 49. The number of carbonyl (C=O) groups is 1. The quantitative estimate of drug-likeness (QED) is 0.0243. The highest BCUT2D eigenvalue weighted by atomic mass is 31.2. The maximum Gasteiger partial charge on any atom is 0.472 e. The van der Waals surface area contributed by atoms with Crippen molar-refractivity contribution in [1.29, 1.82) is 0 Å². The summed E-state index contributed by atoms with van der Waals surface area (Å²) in [6.45, 7) is 4.67. The molecule has 396 valence electrons. The van der Waals surface area contributed by atoms with Gasteiger partial charge in [-0.1, -0.05) is 232 Å². The van der Waals surface area contributed by atoms with Crippen LogP contribution in [0, 0.1) is 0 Å². The van der Waals surface area contributed by atoms with Gasteiger partial charge in [-0.2, -0.15) is 0 Å². The maximum absolute atomic E-state index is 13.0. The van der Waals surface area contributed by atoms with Gasteiger partial charge in [-0.05, 0) is 83.5 Å². The molecule has 0 aliphatic heterocycles. The molecule has 0 heterocycles. The Balaban J connectivity index is 4.35. The molecular weight excluding hydrogens is 876 g/mol. The van der Waals surface area contributed by atoms with E-state index in [1.165, 1.54) is 89.9 Å². The number of hydrogen-bond acceptors (Lipinski definition) is 5. The van der Waals surface area contributed by atoms with Crippen molar-refractivity contribution in [3.8, 4) is 0 Å². The number of unbranched alkanes of at least 4 members (excludes halogenated alkanes) is 20. The Morgan fingerprint density at radius 1 is 0.507 bits per heavy atom. The third-order valence-electron chi connectivity index (χ3n) is 11.7. The van der Waals surface area contributed by atoms with Crippen molar-refractivity contribution >= 4 is 13.7 Å². The largest absolute Gasteiger partial charge is 0.472 e. The SMILES string of the molecule is CC/C=C\C/C=C\C/C=C\C/C=C\C/C=C\C/C=C\C/C=C\C/C=C\CCCCCCC(=O)NC(COP(=O)(O)OCC[N+](C)(C)C)C(O)/C=C/CCCCCCCCCCCCCCCCCC. The first kappa shape index (κ1) is 66.2. The maximum atomic E-state index is 13.0. The Labute approximate surface area is 425 Å². The van der Waals surface area contributed by atoms with Gasteiger partial charge in [0.05, 0.1) is 39.9 Å². The van der Waals surface area contributed by atoms with Crippen molar-refractivity contribution in [2.24, 2.45) is 0 Å². The normalized spacial score (nSPS) is 14.8. The second-order valence-electron chi connectivity index (χ2n) is 19.6. The fourth-order valence-electron chi connectivity index (χ4n) is 7.41. The van der Waals surface area contributed by atoms with E-state index >= 15 is 0 Å². The van der Waals surface area contributed by atoms with Gasteiger partial charge in [-0.15, -0.1) is 0 Å². The lowest BCUT2D eigenvalue weighted by atomic mass is 10.0. The van der Waals surface area contributed by atoms with E-state index in [1.807, 2.05) is 27.2 Å². The van der Waals surface area contributed by atoms with Crippen LogP contribution in [0.2, 0.25) is 0 Å². The standard InChI is InChI=1S/C60H105N2O6P/c1-6-8-10-12-14-16-18-20-22-24-26-27-28-29-30-31-32-33-34-35-36-38-40-42-44-46-48-50-52-54-60(64)61-58(57-68-69(65,66)67-56-55-62(3,4)5)59(63)53-51-49-47-45-43-41-39-37-25-23-21-19-17-15-13-11-9-7-2/h8,10,14,16,20,22,26-27,29-30,32-33,35-36,40,42,51,53,58-59,63H,6-7,9,11-13,15,17-19,21,23-25,28,31,34,37-39,41,43-50,52,54-57H2,1-5H3,(H-,61,64,65,66)/p+1/b10-8-,16-14-,22-20-,27-26-,30-29-,33-32-,36-35-,42-40-,53-51+. The Morgan fingerprint density at radius 2 is 0.870 bits per heavy atom. The van der Waals surface area contributed by atoms with E-state index in [2.05, 4.69) is 116 Å². The lowest BCUT2D eigenvalue weighted by Gasteiger charge is -2.25. The number of allylic oxidation sites excluding steroid dienone is 17. The van der Waals surface area contributed by atoms with Gasteiger partial charge in [0.15, 0.2) is 0 Å². The predicted octanol–water partition coefficient (Wildman–Crippen LogP) is 16.8. The van der Waals surface area contributed by atoms with Crippen LogP contribution in [0.4, 0.5) is 0 Å². The van der Waals surface area contributed by atoms with E-state index in [-0.39, 0.29) is 19.1 Å². The summed E-state index contributed by atoms with van der Waals surface area (Å²) in [6, 6.07) is -0.869. The van der Waals surface area contributed by atoms with Crippen molar-refractivity contribution in [2.75, 3.05) is 40.9 Å². The fourth-order valence-corrected chi connectivity index (χ4v) is 8.15. The zero-order valence-electron chi connectivity index (χ0n) is 45.0. The minimum atomic E-state index is -4.36. The molecule has 0 bridgehead atoms. The van der Waals surface area contributed by atoms with Crippen LogP contribution in [-0.2, 0) is 18.4 Å². The smallest absolute Gasteiger partial charge is 0.387 e. The van der Waals surface area contributed by atoms with E-state index in [4.69, 9.17) is 9.05 Å². The Hall–Kier alpha value is -2.84. The number of likely N-dealkylation sites (N-methyl/N-ethyl adjacent to an activating group) is 1. The lowest BCUT2D eigenvalue weighted by Crippen LogP contribution is -2.45. The lowest BCUT2D eigenvalue weighted by molar-refractivity contribution is -0.870. The first-order valence-corrected chi connectivity index (χ1v) is 29.3. The van der Waals surface area contributed by atoms with E-state index in [0.717, 1.165) is 103 Å². The molecule has 3 atom stereocenters. The average Bonchev–Trinajstić information content (AvgIpc) is 3.31. The minimum absolute atomic E-state index is 0.0502. The Bertz CT molecular complexity index is 1490. The average molecular weight is 982 g/mol. The van der Waals surface area contributed by atoms with Gasteiger partial charge in [-0.25, -0.2) is 4.57 Å². The molecule has 3 unspecified atom stereocenters. The number of quaternary nitrogens is 1. The van der Waals surface area contributed by atoms with E-state index in [9.17, 15) is 19.4 Å². The molecule has 9 heteroatoms. The number of amides is 1. The predicted molar refractivity (Wildman–Crippen MR) is 299 cm³/mol. The van der Waals surface area contributed by atoms with Crippen molar-refractivity contribution in [2.45, 2.75) is 225 Å². The van der Waals surface area contributed by atoms with E-state index in [0.29, 0.717) is 17.4 Å². The van der Waals surface area contributed by atoms with Crippen LogP contribution in [0.15, 0.2) is 109 Å². The summed E-state index contributed by atoms with van der Waals surface area (Å²) in [6.07, 6.45) is 73.2. The summed E-state index contributed by atoms with van der Waals surface area (Å²) in [5.41, 5.74) is 0. The molecule has 0 spiro atoms. The monoisotopic (exact) mass is 982 g/mol. The molecule has 3 N–H and O–H groups in total. The Morgan fingerprint density at radius 3 is 1.28 bits per heavy atom. The van der Waals surface area contributed by atoms with Crippen LogP contribution >= 0.6 is 7.82 Å². The van der Waals surface area contributed by atoms with Gasteiger partial charge in [-0.3, -0.25) is 13.8 Å². The molecule has 0 saturated heterocycles. The van der Waals surface area contributed by atoms with Crippen LogP contribution in [0.1, 0.15) is 213 Å². The van der Waals surface area contributed by atoms with E-state index < -0.39 is 20.0 Å². The molecule has 1 amide bonds. The zero-order chi connectivity index (χ0) is 50.6. The first-order valence-electron chi connectivity index (χ1n) is 27.8. The van der Waals surface area contributed by atoms with Gasteiger partial charge in [0.2, 0.25) is 5.91 Å². The molecule has 0 aliphatic rings. The topological polar surface area (TPSA) is 105 Å². The van der Waals surface area contributed by atoms with E-state index in [1.54, 1.807) is 6.08 Å². The summed E-state index contributed by atoms with van der Waals surface area (Å²) in [5, 5.41) is 13.9. The van der Waals surface area contributed by atoms with Crippen molar-refractivity contribution < 1.29 is 32.9 Å². The summed E-state index contributed by atoms with van der Waals surface area (Å²) in [7, 11) is 1.54. The molecule has 0 rings (SSSR count). The third-order valence-corrected chi connectivity index (χ3v) is 12.7. The highest BCUT2D eigenvalue weighted by Gasteiger charge is 2.27. The summed E-state index contributed by atoms with van der Waals surface area (Å²) >= 11 is 0. The molecule has 8 nitrogen and oxygen atoms in total. The Kier molecular flexibility index (Phi) is 48.1. The van der Waals surface area contributed by atoms with Gasteiger partial charge in [0, 0.05) is 6.42 Å². The highest BCUT2D eigenvalue weighted by Crippen LogP contribution is 2.43. The number of nitrogens with zero attached hydrogens (tertiary/aromatic N) is 1. The van der Waals surface area contributed by atoms with Crippen molar-refractivity contribution in [1.82, 2.24) is 5.32 Å². The number of aliphatic hydroxyl groups excluding tert-OH is 1. The zero-order valence-corrected chi connectivity index (χ0v) is 45.9. The molecule has 69 heavy (non-hydrogen) atoms. The van der Waals surface area contributed by atoms with Crippen LogP contribution < -0.4 is 5.32 Å². The highest BCUT2D eigenvalue weighted by molar-refractivity contribution is 7.47. The number of carbonyl (C=O) groups excluding carboxylic acids is 1. The molecule has 0 aromatic rings. The summed E-state index contributed by atoms with van der Waals surface area (Å²) in [4.78, 5) is 23.3. The molecule has 0 saturated carbocycles. The van der Waals surface area contributed by atoms with Crippen LogP contribution in [-0.4, -0.2) is 73.4 Å². The van der Waals surface area contributed by atoms with Gasteiger partial charge in [0.25, 0.3) is 0 Å². The van der Waals surface area contributed by atoms with Crippen LogP contribution in [0.5, 0.6) is 0 Å².